The Morgan fingerprint density at radius 3 is 2.65 bits per heavy atom. The Morgan fingerprint density at radius 1 is 1.23 bits per heavy atom. The number of nitrogens with zero attached hydrogens (tertiary/aromatic N) is 2. The summed E-state index contributed by atoms with van der Waals surface area (Å²) in [4.78, 5) is 8.34. The van der Waals surface area contributed by atoms with Crippen molar-refractivity contribution in [3.63, 3.8) is 0 Å². The summed E-state index contributed by atoms with van der Waals surface area (Å²) in [5.41, 5.74) is 6.57. The quantitative estimate of drug-likeness (QED) is 0.226. The molecule has 0 aliphatic rings. The van der Waals surface area contributed by atoms with E-state index in [4.69, 9.17) is 38.4 Å². The number of anilines is 2. The largest absolute Gasteiger partial charge is 0.497 e. The Labute approximate surface area is 179 Å². The molecule has 0 bridgehead atoms. The molecule has 7 nitrogen and oxygen atoms in total. The molecule has 1 heterocycles. The van der Waals surface area contributed by atoms with Crippen LogP contribution in [0.3, 0.4) is 0 Å². The van der Waals surface area contributed by atoms with Gasteiger partial charge in [0.05, 0.1) is 36.5 Å². The van der Waals surface area contributed by atoms with Gasteiger partial charge in [-0.15, -0.1) is 24.0 Å². The number of halogens is 3. The van der Waals surface area contributed by atoms with Crippen molar-refractivity contribution in [2.24, 2.45) is 10.7 Å². The van der Waals surface area contributed by atoms with Crippen LogP contribution in [0.2, 0.25) is 10.0 Å². The van der Waals surface area contributed by atoms with Gasteiger partial charge in [-0.2, -0.15) is 0 Å². The second-order valence-electron chi connectivity index (χ2n) is 4.87. The van der Waals surface area contributed by atoms with E-state index in [1.165, 1.54) is 6.20 Å². The summed E-state index contributed by atoms with van der Waals surface area (Å²) in [6, 6.07) is 6.97. The van der Waals surface area contributed by atoms with E-state index in [9.17, 15) is 0 Å². The van der Waals surface area contributed by atoms with Crippen LogP contribution in [0.5, 0.6) is 11.5 Å². The van der Waals surface area contributed by atoms with Crippen LogP contribution >= 0.6 is 47.2 Å². The number of nitrogens with one attached hydrogen (secondary N) is 2. The van der Waals surface area contributed by atoms with Gasteiger partial charge in [0.25, 0.3) is 0 Å². The predicted molar refractivity (Wildman–Crippen MR) is 118 cm³/mol. The van der Waals surface area contributed by atoms with Gasteiger partial charge < -0.3 is 25.8 Å². The Hall–Kier alpha value is -1.65. The maximum Gasteiger partial charge on any atom is 0.193 e. The zero-order chi connectivity index (χ0) is 18.2. The van der Waals surface area contributed by atoms with Gasteiger partial charge in [-0.3, -0.25) is 4.99 Å². The van der Waals surface area contributed by atoms with Gasteiger partial charge in [0.2, 0.25) is 0 Å². The molecule has 0 unspecified atom stereocenters. The van der Waals surface area contributed by atoms with Crippen LogP contribution < -0.4 is 25.8 Å². The van der Waals surface area contributed by atoms with Crippen LogP contribution in [-0.4, -0.2) is 38.3 Å². The van der Waals surface area contributed by atoms with Gasteiger partial charge in [-0.05, 0) is 18.2 Å². The Kier molecular flexibility index (Phi) is 9.60. The summed E-state index contributed by atoms with van der Waals surface area (Å²) in [5, 5.41) is 6.98. The van der Waals surface area contributed by atoms with Crippen LogP contribution in [0.15, 0.2) is 35.5 Å². The first-order valence-corrected chi connectivity index (χ1v) is 8.13. The highest BCUT2D eigenvalue weighted by molar-refractivity contribution is 14.0. The number of benzene rings is 1. The zero-order valence-electron chi connectivity index (χ0n) is 14.3. The third-order valence-corrected chi connectivity index (χ3v) is 3.66. The highest BCUT2D eigenvalue weighted by atomic mass is 127. The Morgan fingerprint density at radius 2 is 2.00 bits per heavy atom. The van der Waals surface area contributed by atoms with Gasteiger partial charge >= 0.3 is 0 Å². The molecule has 4 N–H and O–H groups in total. The van der Waals surface area contributed by atoms with Crippen molar-refractivity contribution >= 4 is 64.6 Å². The number of hydrogen-bond donors (Lipinski definition) is 3. The fourth-order valence-corrected chi connectivity index (χ4v) is 2.43. The first kappa shape index (κ1) is 22.4. The molecule has 26 heavy (non-hydrogen) atoms. The van der Waals surface area contributed by atoms with Gasteiger partial charge in [0, 0.05) is 18.8 Å². The fourth-order valence-electron chi connectivity index (χ4n) is 1.98. The molecular formula is C16H20Cl2IN5O2. The second-order valence-corrected chi connectivity index (χ2v) is 5.71. The van der Waals surface area contributed by atoms with E-state index in [1.807, 2.05) is 0 Å². The van der Waals surface area contributed by atoms with Crippen LogP contribution in [0.25, 0.3) is 0 Å². The monoisotopic (exact) mass is 511 g/mol. The molecule has 0 aliphatic carbocycles. The Balaban J connectivity index is 0.00000338. The zero-order valence-corrected chi connectivity index (χ0v) is 18.1. The lowest BCUT2D eigenvalue weighted by Crippen LogP contribution is -2.24. The highest BCUT2D eigenvalue weighted by Gasteiger charge is 2.06. The minimum absolute atomic E-state index is 0. The summed E-state index contributed by atoms with van der Waals surface area (Å²) in [7, 11) is 3.16. The van der Waals surface area contributed by atoms with Crippen LogP contribution in [0.1, 0.15) is 0 Å². The van der Waals surface area contributed by atoms with E-state index < -0.39 is 0 Å². The molecule has 1 aromatic carbocycles. The van der Waals surface area contributed by atoms with E-state index in [2.05, 4.69) is 20.6 Å². The molecule has 2 rings (SSSR count). The number of nitrogens with two attached hydrogens (primary N) is 1. The van der Waals surface area contributed by atoms with Crippen molar-refractivity contribution in [1.82, 2.24) is 4.98 Å². The number of hydrogen-bond acceptors (Lipinski definition) is 5. The van der Waals surface area contributed by atoms with Crippen LogP contribution in [0, 0.1) is 0 Å². The average Bonchev–Trinajstić information content (AvgIpc) is 2.60. The molecule has 0 atom stereocenters. The SMILES string of the molecule is COc1ccc(OC)c(NC(N)=NCCNc2ncc(Cl)cc2Cl)c1.I. The lowest BCUT2D eigenvalue weighted by molar-refractivity contribution is 0.405. The first-order valence-electron chi connectivity index (χ1n) is 7.37. The lowest BCUT2D eigenvalue weighted by Gasteiger charge is -2.12. The van der Waals surface area contributed by atoms with E-state index in [1.54, 1.807) is 38.5 Å². The number of methoxy groups -OCH3 is 2. The number of aromatic nitrogens is 1. The summed E-state index contributed by atoms with van der Waals surface area (Å²) in [5.74, 6) is 2.11. The number of guanidine groups is 1. The van der Waals surface area contributed by atoms with Crippen molar-refractivity contribution < 1.29 is 9.47 Å². The van der Waals surface area contributed by atoms with Crippen molar-refractivity contribution in [2.75, 3.05) is 37.9 Å². The number of pyridine rings is 1. The smallest absolute Gasteiger partial charge is 0.193 e. The number of aliphatic imine (C=N–C) groups is 1. The molecule has 2 aromatic rings. The predicted octanol–water partition coefficient (Wildman–Crippen LogP) is 3.86. The lowest BCUT2D eigenvalue weighted by atomic mass is 10.2. The maximum atomic E-state index is 6.03. The third-order valence-electron chi connectivity index (χ3n) is 3.16. The van der Waals surface area contributed by atoms with Crippen molar-refractivity contribution in [3.8, 4) is 11.5 Å². The molecule has 142 valence electrons. The Bertz CT molecular complexity index is 761. The molecule has 0 aliphatic heterocycles. The van der Waals surface area contributed by atoms with E-state index in [0.29, 0.717) is 46.1 Å². The minimum Gasteiger partial charge on any atom is -0.497 e. The fraction of sp³-hybridized carbons (Fsp3) is 0.250. The second kappa shape index (κ2) is 11.1. The normalized spacial score (nSPS) is 10.7. The molecule has 1 aromatic heterocycles. The van der Waals surface area contributed by atoms with E-state index >= 15 is 0 Å². The van der Waals surface area contributed by atoms with Crippen molar-refractivity contribution in [3.05, 3.63) is 40.5 Å². The summed E-state index contributed by atoms with van der Waals surface area (Å²) < 4.78 is 10.5. The standard InChI is InChI=1S/C16H19Cl2N5O2.HI/c1-24-11-3-4-14(25-2)13(8-11)23-16(19)21-6-5-20-15-12(18)7-10(17)9-22-15;/h3-4,7-9H,5-6H2,1-2H3,(H,20,22)(H3,19,21,23);1H. The molecule has 0 spiro atoms. The molecule has 10 heteroatoms. The van der Waals surface area contributed by atoms with Crippen molar-refractivity contribution in [1.29, 1.82) is 0 Å². The number of ether oxygens (including phenoxy) is 2. The first-order chi connectivity index (χ1) is 12.0. The maximum absolute atomic E-state index is 6.03. The summed E-state index contributed by atoms with van der Waals surface area (Å²) in [6.45, 7) is 0.928. The molecule has 0 saturated carbocycles. The molecule has 0 amide bonds. The summed E-state index contributed by atoms with van der Waals surface area (Å²) in [6.07, 6.45) is 1.52. The van der Waals surface area contributed by atoms with Crippen LogP contribution in [0.4, 0.5) is 11.5 Å². The molecule has 0 fully saturated rings. The van der Waals surface area contributed by atoms with Crippen molar-refractivity contribution in [2.45, 2.75) is 0 Å². The molecular weight excluding hydrogens is 492 g/mol. The highest BCUT2D eigenvalue weighted by Crippen LogP contribution is 2.28. The van der Waals surface area contributed by atoms with Gasteiger partial charge in [-0.1, -0.05) is 23.2 Å². The molecule has 0 radical (unpaired) electrons. The van der Waals surface area contributed by atoms with Gasteiger partial charge in [0.15, 0.2) is 5.96 Å². The summed E-state index contributed by atoms with van der Waals surface area (Å²) >= 11 is 11.8. The van der Waals surface area contributed by atoms with Crippen LogP contribution in [-0.2, 0) is 0 Å². The van der Waals surface area contributed by atoms with Gasteiger partial charge in [0.1, 0.15) is 17.3 Å². The minimum atomic E-state index is 0. The molecule has 0 saturated heterocycles. The van der Waals surface area contributed by atoms with Gasteiger partial charge in [-0.25, -0.2) is 4.98 Å². The van der Waals surface area contributed by atoms with E-state index in [-0.39, 0.29) is 29.9 Å². The average molecular weight is 512 g/mol. The third kappa shape index (κ3) is 6.58. The number of rotatable bonds is 7. The topological polar surface area (TPSA) is 93.8 Å². The van der Waals surface area contributed by atoms with E-state index in [0.717, 1.165) is 0 Å².